The maximum atomic E-state index is 5.45. The summed E-state index contributed by atoms with van der Waals surface area (Å²) in [6.07, 6.45) is 0. The van der Waals surface area contributed by atoms with Gasteiger partial charge in [-0.25, -0.2) is 0 Å². The van der Waals surface area contributed by atoms with E-state index in [1.54, 1.807) is 14.2 Å². The summed E-state index contributed by atoms with van der Waals surface area (Å²) in [5.41, 5.74) is 2.32. The average Bonchev–Trinajstić information content (AvgIpc) is 2.51. The Hall–Kier alpha value is -1.52. The Labute approximate surface area is 134 Å². The minimum absolute atomic E-state index is 0.249. The van der Waals surface area contributed by atoms with Crippen molar-refractivity contribution in [3.63, 3.8) is 0 Å². The van der Waals surface area contributed by atoms with Crippen molar-refractivity contribution in [1.29, 1.82) is 0 Å². The molecular formula is C17H20BrNO2. The van der Waals surface area contributed by atoms with Crippen LogP contribution in [0, 0.1) is 0 Å². The van der Waals surface area contributed by atoms with Gasteiger partial charge >= 0.3 is 0 Å². The largest absolute Gasteiger partial charge is 0.493 e. The number of hydrogen-bond acceptors (Lipinski definition) is 3. The molecule has 2 rings (SSSR count). The molecule has 0 radical (unpaired) electrons. The van der Waals surface area contributed by atoms with Crippen LogP contribution in [0.3, 0.4) is 0 Å². The highest BCUT2D eigenvalue weighted by Crippen LogP contribution is 2.31. The number of hydrogen-bond donors (Lipinski definition) is 1. The lowest BCUT2D eigenvalue weighted by atomic mass is 10.1. The molecule has 0 spiro atoms. The number of methoxy groups -OCH3 is 2. The molecule has 0 heterocycles. The van der Waals surface area contributed by atoms with Gasteiger partial charge in [0.05, 0.1) is 14.2 Å². The zero-order chi connectivity index (χ0) is 15.2. The van der Waals surface area contributed by atoms with Gasteiger partial charge in [0.2, 0.25) is 0 Å². The highest BCUT2D eigenvalue weighted by Gasteiger charge is 2.11. The number of rotatable bonds is 6. The third-order valence-corrected chi connectivity index (χ3v) is 3.93. The molecular weight excluding hydrogens is 330 g/mol. The highest BCUT2D eigenvalue weighted by molar-refractivity contribution is 9.10. The van der Waals surface area contributed by atoms with Gasteiger partial charge in [0.15, 0.2) is 11.5 Å². The molecule has 0 fully saturated rings. The average molecular weight is 350 g/mol. The molecule has 21 heavy (non-hydrogen) atoms. The van der Waals surface area contributed by atoms with Crippen LogP contribution in [0.4, 0.5) is 0 Å². The summed E-state index contributed by atoms with van der Waals surface area (Å²) in [6, 6.07) is 14.5. The van der Waals surface area contributed by atoms with Crippen molar-refractivity contribution in [1.82, 2.24) is 5.32 Å². The highest BCUT2D eigenvalue weighted by atomic mass is 79.9. The lowest BCUT2D eigenvalue weighted by molar-refractivity contribution is 0.350. The van der Waals surface area contributed by atoms with Gasteiger partial charge in [-0.2, -0.15) is 0 Å². The third kappa shape index (κ3) is 3.99. The number of halogens is 1. The number of benzene rings is 2. The number of ether oxygens (including phenoxy) is 2. The van der Waals surface area contributed by atoms with Crippen LogP contribution in [0.2, 0.25) is 0 Å². The van der Waals surface area contributed by atoms with E-state index in [-0.39, 0.29) is 6.04 Å². The molecule has 2 aromatic rings. The van der Waals surface area contributed by atoms with Crippen molar-refractivity contribution in [3.8, 4) is 11.5 Å². The quantitative estimate of drug-likeness (QED) is 0.842. The van der Waals surface area contributed by atoms with Crippen molar-refractivity contribution < 1.29 is 9.47 Å². The predicted molar refractivity (Wildman–Crippen MR) is 88.9 cm³/mol. The second-order valence-electron chi connectivity index (χ2n) is 4.81. The molecule has 0 amide bonds. The summed E-state index contributed by atoms with van der Waals surface area (Å²) in [7, 11) is 3.32. The predicted octanol–water partition coefficient (Wildman–Crippen LogP) is 4.32. The van der Waals surface area contributed by atoms with Crippen molar-refractivity contribution in [2.24, 2.45) is 0 Å². The van der Waals surface area contributed by atoms with Gasteiger partial charge in [0.25, 0.3) is 0 Å². The Morgan fingerprint density at radius 1 is 1.10 bits per heavy atom. The molecule has 0 aliphatic carbocycles. The van der Waals surface area contributed by atoms with E-state index in [2.05, 4.69) is 40.3 Å². The summed E-state index contributed by atoms with van der Waals surface area (Å²) in [4.78, 5) is 0. The van der Waals surface area contributed by atoms with E-state index < -0.39 is 0 Å². The van der Waals surface area contributed by atoms with Crippen LogP contribution in [0.5, 0.6) is 11.5 Å². The van der Waals surface area contributed by atoms with Crippen LogP contribution in [0.15, 0.2) is 46.9 Å². The molecule has 1 N–H and O–H groups in total. The lowest BCUT2D eigenvalue weighted by Crippen LogP contribution is -2.18. The molecule has 0 unspecified atom stereocenters. The third-order valence-electron chi connectivity index (χ3n) is 3.43. The lowest BCUT2D eigenvalue weighted by Gasteiger charge is -2.17. The fourth-order valence-electron chi connectivity index (χ4n) is 2.25. The Balaban J connectivity index is 2.09. The Kier molecular flexibility index (Phi) is 5.65. The van der Waals surface area contributed by atoms with E-state index >= 15 is 0 Å². The van der Waals surface area contributed by atoms with Crippen molar-refractivity contribution in [2.75, 3.05) is 14.2 Å². The molecule has 0 aliphatic heterocycles. The number of para-hydroxylation sites is 1. The molecule has 0 aliphatic rings. The molecule has 0 saturated heterocycles. The molecule has 2 aromatic carbocycles. The van der Waals surface area contributed by atoms with E-state index in [1.807, 2.05) is 30.3 Å². The summed E-state index contributed by atoms with van der Waals surface area (Å²) in [5.74, 6) is 1.54. The second kappa shape index (κ2) is 7.48. The van der Waals surface area contributed by atoms with Gasteiger partial charge in [-0.1, -0.05) is 40.2 Å². The van der Waals surface area contributed by atoms with Crippen LogP contribution in [0.25, 0.3) is 0 Å². The van der Waals surface area contributed by atoms with E-state index in [1.165, 1.54) is 5.56 Å². The summed E-state index contributed by atoms with van der Waals surface area (Å²) in [5, 5.41) is 3.51. The summed E-state index contributed by atoms with van der Waals surface area (Å²) < 4.78 is 11.9. The molecule has 1 atom stereocenters. The number of nitrogens with one attached hydrogen (secondary N) is 1. The SMILES string of the molecule is COc1cccc(CN[C@@H](C)c2cccc(Br)c2)c1OC. The first-order chi connectivity index (χ1) is 10.2. The minimum atomic E-state index is 0.249. The van der Waals surface area contributed by atoms with Crippen molar-refractivity contribution in [2.45, 2.75) is 19.5 Å². The Morgan fingerprint density at radius 3 is 2.52 bits per heavy atom. The van der Waals surface area contributed by atoms with E-state index in [0.717, 1.165) is 21.5 Å². The van der Waals surface area contributed by atoms with Gasteiger partial charge in [-0.05, 0) is 30.7 Å². The smallest absolute Gasteiger partial charge is 0.165 e. The first-order valence-electron chi connectivity index (χ1n) is 6.84. The van der Waals surface area contributed by atoms with Gasteiger partial charge in [-0.15, -0.1) is 0 Å². The van der Waals surface area contributed by atoms with Gasteiger partial charge in [0, 0.05) is 22.6 Å². The normalized spacial score (nSPS) is 12.0. The summed E-state index contributed by atoms with van der Waals surface area (Å²) in [6.45, 7) is 2.86. The molecule has 0 saturated carbocycles. The molecule has 3 nitrogen and oxygen atoms in total. The van der Waals surface area contributed by atoms with Crippen LogP contribution < -0.4 is 14.8 Å². The maximum absolute atomic E-state index is 5.45. The maximum Gasteiger partial charge on any atom is 0.165 e. The minimum Gasteiger partial charge on any atom is -0.493 e. The molecule has 4 heteroatoms. The van der Waals surface area contributed by atoms with E-state index in [9.17, 15) is 0 Å². The second-order valence-corrected chi connectivity index (χ2v) is 5.73. The molecule has 112 valence electrons. The van der Waals surface area contributed by atoms with E-state index in [4.69, 9.17) is 9.47 Å². The zero-order valence-electron chi connectivity index (χ0n) is 12.5. The zero-order valence-corrected chi connectivity index (χ0v) is 14.1. The van der Waals surface area contributed by atoms with Crippen LogP contribution in [0.1, 0.15) is 24.1 Å². The summed E-state index contributed by atoms with van der Waals surface area (Å²) >= 11 is 3.50. The first-order valence-corrected chi connectivity index (χ1v) is 7.63. The Bertz CT molecular complexity index is 601. The standard InChI is InChI=1S/C17H20BrNO2/c1-12(13-6-4-8-15(18)10-13)19-11-14-7-5-9-16(20-2)17(14)21-3/h4-10,12,19H,11H2,1-3H3/t12-/m0/s1. The topological polar surface area (TPSA) is 30.5 Å². The van der Waals surface area contributed by atoms with Crippen LogP contribution >= 0.6 is 15.9 Å². The van der Waals surface area contributed by atoms with Crippen LogP contribution in [-0.4, -0.2) is 14.2 Å². The van der Waals surface area contributed by atoms with Gasteiger partial charge in [0.1, 0.15) is 0 Å². The van der Waals surface area contributed by atoms with Crippen LogP contribution in [-0.2, 0) is 6.54 Å². The fraction of sp³-hybridized carbons (Fsp3) is 0.294. The fourth-order valence-corrected chi connectivity index (χ4v) is 2.67. The van der Waals surface area contributed by atoms with Gasteiger partial charge < -0.3 is 14.8 Å². The van der Waals surface area contributed by atoms with Crippen molar-refractivity contribution in [3.05, 3.63) is 58.1 Å². The van der Waals surface area contributed by atoms with E-state index in [0.29, 0.717) is 6.54 Å². The molecule has 0 aromatic heterocycles. The van der Waals surface area contributed by atoms with Crippen molar-refractivity contribution >= 4 is 15.9 Å². The monoisotopic (exact) mass is 349 g/mol. The molecule has 0 bridgehead atoms. The first kappa shape index (κ1) is 15.9. The Morgan fingerprint density at radius 2 is 1.86 bits per heavy atom. The van der Waals surface area contributed by atoms with Gasteiger partial charge in [-0.3, -0.25) is 0 Å².